The van der Waals surface area contributed by atoms with Gasteiger partial charge in [0, 0.05) is 76.8 Å². The van der Waals surface area contributed by atoms with E-state index in [0.717, 1.165) is 47.9 Å². The molecule has 0 aliphatic heterocycles. The molecule has 0 saturated heterocycles. The molecule has 540 valence electrons. The molecule has 4 heterocycles. The van der Waals surface area contributed by atoms with Gasteiger partial charge in [-0.2, -0.15) is 0 Å². The van der Waals surface area contributed by atoms with Crippen LogP contribution in [-0.4, -0.2) is 8.80 Å². The van der Waals surface area contributed by atoms with E-state index in [2.05, 4.69) is 187 Å². The second-order valence-corrected chi connectivity index (χ2v) is 37.8. The number of ether oxygens (including phenoxy) is 4. The molecule has 0 saturated carbocycles. The van der Waals surface area contributed by atoms with Crippen LogP contribution in [0, 0.1) is 21.7 Å². The molecular formula is C96H98N2O8. The second kappa shape index (κ2) is 24.6. The highest BCUT2D eigenvalue weighted by atomic mass is 16.5. The fraction of sp³-hybridized carbons (Fsp3) is 0.333. The Morgan fingerprint density at radius 3 is 0.726 bits per heavy atom. The van der Waals surface area contributed by atoms with E-state index in [1.54, 1.807) is 33.1 Å². The molecule has 0 bridgehead atoms. The summed E-state index contributed by atoms with van der Waals surface area (Å²) in [6.07, 6.45) is 3.71. The smallest absolute Gasteiger partial charge is 0.263 e. The topological polar surface area (TPSA) is 114 Å². The van der Waals surface area contributed by atoms with Crippen molar-refractivity contribution < 1.29 is 18.9 Å². The van der Waals surface area contributed by atoms with Crippen molar-refractivity contribution in [1.82, 2.24) is 8.80 Å². The number of nitrogens with zero attached hydrogens (tertiary/aromatic N) is 2. The minimum absolute atomic E-state index is 0.0421. The van der Waals surface area contributed by atoms with E-state index in [0.29, 0.717) is 143 Å². The number of pyridine rings is 4. The molecule has 4 aromatic heterocycles. The standard InChI is InChI=1S/C96H98N2O8/c1-89(2,3)51-93(13,14)55-29-37-59(38-30-55)103-75-45-65-71-49-73(99)63-25-21-23-27-69(63)97(71)87(101)67-48-78(106-62-43-35-58(36-44-62)96(19,20)54-92(10,11)12)84-82-76(104-60-39-31-56(32-40-60)94(15,16)52-90(4,5)6)46-66-72-50-74(100)64-26-22-24-28-70(64)98(72)88(102)68-47-77(83(86(82)80(66)68)81(75)85(84)79(65)67)105-61-41-33-57(34-42-61)95(17,18)53-91(7,8)9/h21-50H,51-54H2,1-20H3. The first-order chi connectivity index (χ1) is 49.6. The summed E-state index contributed by atoms with van der Waals surface area (Å²) in [5.41, 5.74) is 4.40. The molecule has 11 aromatic carbocycles. The monoisotopic (exact) mass is 1410 g/mol. The number of para-hydroxylation sites is 2. The van der Waals surface area contributed by atoms with E-state index in [1.807, 2.05) is 109 Å². The average Bonchev–Trinajstić information content (AvgIpc) is 0.706. The number of fused-ring (bicyclic) bond motifs is 10. The molecule has 10 nitrogen and oxygen atoms in total. The Morgan fingerprint density at radius 1 is 0.245 bits per heavy atom. The molecule has 0 atom stereocenters. The van der Waals surface area contributed by atoms with Gasteiger partial charge in [-0.15, -0.1) is 0 Å². The normalized spacial score (nSPS) is 13.4. The zero-order chi connectivity index (χ0) is 75.7. The average molecular weight is 1410 g/mol. The van der Waals surface area contributed by atoms with Gasteiger partial charge in [0.1, 0.15) is 46.0 Å². The van der Waals surface area contributed by atoms with Gasteiger partial charge in [-0.25, -0.2) is 0 Å². The zero-order valence-corrected chi connectivity index (χ0v) is 65.3. The van der Waals surface area contributed by atoms with Crippen LogP contribution in [0.2, 0.25) is 0 Å². The van der Waals surface area contributed by atoms with Crippen LogP contribution in [-0.2, 0) is 21.7 Å². The Kier molecular flexibility index (Phi) is 16.6. The lowest BCUT2D eigenvalue weighted by molar-refractivity contribution is 0.283. The Labute approximate surface area is 620 Å². The first kappa shape index (κ1) is 71.3. The highest BCUT2D eigenvalue weighted by Gasteiger charge is 2.36. The Morgan fingerprint density at radius 2 is 0.481 bits per heavy atom. The van der Waals surface area contributed by atoms with Gasteiger partial charge < -0.3 is 18.9 Å². The summed E-state index contributed by atoms with van der Waals surface area (Å²) >= 11 is 0. The Balaban J connectivity index is 1.16. The van der Waals surface area contributed by atoms with Crippen LogP contribution in [0.3, 0.4) is 0 Å². The molecule has 15 aromatic rings. The molecule has 0 aliphatic rings. The molecule has 0 unspecified atom stereocenters. The van der Waals surface area contributed by atoms with E-state index < -0.39 is 0 Å². The number of rotatable bonds is 16. The Bertz CT molecular complexity index is 5880. The summed E-state index contributed by atoms with van der Waals surface area (Å²) in [5.74, 6) is 3.46. The van der Waals surface area contributed by atoms with Crippen molar-refractivity contribution in [3.05, 3.63) is 245 Å². The van der Waals surface area contributed by atoms with Crippen molar-refractivity contribution in [2.75, 3.05) is 0 Å². The molecule has 0 spiro atoms. The largest absolute Gasteiger partial charge is 0.457 e. The fourth-order valence-corrected chi connectivity index (χ4v) is 19.0. The lowest BCUT2D eigenvalue weighted by Crippen LogP contribution is -2.24. The number of aromatic nitrogens is 2. The fourth-order valence-electron chi connectivity index (χ4n) is 19.0. The molecule has 106 heavy (non-hydrogen) atoms. The van der Waals surface area contributed by atoms with E-state index in [9.17, 15) is 9.59 Å². The number of benzene rings is 11. The Hall–Kier alpha value is -10.3. The summed E-state index contributed by atoms with van der Waals surface area (Å²) < 4.78 is 33.7. The van der Waals surface area contributed by atoms with Gasteiger partial charge >= 0.3 is 0 Å². The van der Waals surface area contributed by atoms with E-state index in [-0.39, 0.29) is 65.3 Å². The molecule has 0 radical (unpaired) electrons. The first-order valence-corrected chi connectivity index (χ1v) is 37.5. The molecule has 0 N–H and O–H groups in total. The van der Waals surface area contributed by atoms with Crippen LogP contribution >= 0.6 is 0 Å². The van der Waals surface area contributed by atoms with Gasteiger partial charge in [-0.05, 0) is 188 Å². The van der Waals surface area contributed by atoms with Crippen LogP contribution in [0.4, 0.5) is 0 Å². The predicted molar refractivity (Wildman–Crippen MR) is 441 cm³/mol. The number of hydrogen-bond donors (Lipinski definition) is 0. The summed E-state index contributed by atoms with van der Waals surface area (Å²) in [7, 11) is 0. The third-order valence-corrected chi connectivity index (χ3v) is 21.8. The van der Waals surface area contributed by atoms with Gasteiger partial charge in [0.15, 0.2) is 10.9 Å². The maximum absolute atomic E-state index is 16.5. The van der Waals surface area contributed by atoms with Crippen molar-refractivity contribution in [2.45, 2.75) is 186 Å². The van der Waals surface area contributed by atoms with Gasteiger partial charge in [0.05, 0.1) is 32.8 Å². The minimum atomic E-state index is -0.365. The molecule has 10 heteroatoms. The predicted octanol–water partition coefficient (Wildman–Crippen LogP) is 25.2. The summed E-state index contributed by atoms with van der Waals surface area (Å²) in [4.78, 5) is 62.6. The zero-order valence-electron chi connectivity index (χ0n) is 65.3. The summed E-state index contributed by atoms with van der Waals surface area (Å²) in [6, 6.07) is 58.4. The van der Waals surface area contributed by atoms with Crippen LogP contribution in [0.5, 0.6) is 46.0 Å². The molecule has 15 rings (SSSR count). The second-order valence-electron chi connectivity index (χ2n) is 37.8. The molecule has 0 amide bonds. The SMILES string of the molecule is CC(C)(C)CC(C)(C)c1ccc(Oc2cc3c(=O)n4c5ccccc5c(=O)cc4c4cc(Oc5ccc(C(C)(C)CC(C)(C)C)cc5)c5c6c(Oc7ccc(C(C)(C)CC(C)(C)C)cc7)cc7c(=O)n8c9ccccc9c(=O)cc8c8cc(Oc9ccc(C(C)(C)CC(C)(C)C)cc9)c(c2c5c34)c6c78)cc1. The maximum atomic E-state index is 16.5. The van der Waals surface area contributed by atoms with E-state index in [1.165, 1.54) is 0 Å². The van der Waals surface area contributed by atoms with Crippen LogP contribution in [0.1, 0.15) is 186 Å². The highest BCUT2D eigenvalue weighted by molar-refractivity contribution is 6.45. The van der Waals surface area contributed by atoms with Crippen LogP contribution < -0.4 is 40.9 Å². The molecule has 0 fully saturated rings. The van der Waals surface area contributed by atoms with Crippen molar-refractivity contribution in [3.63, 3.8) is 0 Å². The lowest BCUT2D eigenvalue weighted by atomic mass is 9.72. The first-order valence-electron chi connectivity index (χ1n) is 37.5. The van der Waals surface area contributed by atoms with Crippen LogP contribution in [0.25, 0.3) is 97.5 Å². The molecular weight excluding hydrogens is 1310 g/mol. The van der Waals surface area contributed by atoms with Crippen molar-refractivity contribution in [2.24, 2.45) is 21.7 Å². The van der Waals surface area contributed by atoms with E-state index in [4.69, 9.17) is 18.9 Å². The van der Waals surface area contributed by atoms with Crippen LogP contribution in [0.15, 0.2) is 201 Å². The van der Waals surface area contributed by atoms with Gasteiger partial charge in [0.25, 0.3) is 11.1 Å². The van der Waals surface area contributed by atoms with Gasteiger partial charge in [-0.1, -0.05) is 211 Å². The van der Waals surface area contributed by atoms with E-state index >= 15 is 9.59 Å². The highest BCUT2D eigenvalue weighted by Crippen LogP contribution is 2.58. The minimum Gasteiger partial charge on any atom is -0.457 e. The third-order valence-electron chi connectivity index (χ3n) is 21.8. The van der Waals surface area contributed by atoms with Gasteiger partial charge in [-0.3, -0.25) is 28.0 Å². The van der Waals surface area contributed by atoms with Crippen molar-refractivity contribution in [1.29, 1.82) is 0 Å². The van der Waals surface area contributed by atoms with Crippen molar-refractivity contribution >= 4 is 97.5 Å². The quantitative estimate of drug-likeness (QED) is 0.0694. The maximum Gasteiger partial charge on any atom is 0.263 e. The summed E-state index contributed by atoms with van der Waals surface area (Å²) in [6.45, 7) is 45.4. The summed E-state index contributed by atoms with van der Waals surface area (Å²) in [5, 5.41) is 6.99. The van der Waals surface area contributed by atoms with Gasteiger partial charge in [0.2, 0.25) is 0 Å². The third kappa shape index (κ3) is 12.7. The molecule has 0 aliphatic carbocycles. The number of hydrogen-bond acceptors (Lipinski definition) is 8. The van der Waals surface area contributed by atoms with Crippen molar-refractivity contribution in [3.8, 4) is 46.0 Å². The lowest BCUT2D eigenvalue weighted by Gasteiger charge is -2.33.